The predicted octanol–water partition coefficient (Wildman–Crippen LogP) is 2.19. The highest BCUT2D eigenvalue weighted by Crippen LogP contribution is 2.21. The first-order chi connectivity index (χ1) is 6.74. The van der Waals surface area contributed by atoms with E-state index in [2.05, 4.69) is 4.98 Å². The minimum absolute atomic E-state index is 0.00639. The van der Waals surface area contributed by atoms with Crippen LogP contribution >= 0.6 is 0 Å². The van der Waals surface area contributed by atoms with Crippen molar-refractivity contribution in [3.63, 3.8) is 0 Å². The molecule has 2 aromatic rings. The lowest BCUT2D eigenvalue weighted by molar-refractivity contribution is 0.329. The summed E-state index contributed by atoms with van der Waals surface area (Å²) in [5.41, 5.74) is 5.30. The number of nitrogens with two attached hydrogens (primary N) is 1. The molecule has 0 saturated heterocycles. The fourth-order valence-corrected chi connectivity index (χ4v) is 0.947. The maximum Gasteiger partial charge on any atom is 0.401 e. The van der Waals surface area contributed by atoms with E-state index >= 15 is 0 Å². The van der Waals surface area contributed by atoms with Crippen LogP contribution in [0.5, 0.6) is 11.8 Å². The zero-order chi connectivity index (χ0) is 9.97. The zero-order valence-electron chi connectivity index (χ0n) is 7.11. The van der Waals surface area contributed by atoms with Crippen molar-refractivity contribution in [2.24, 2.45) is 0 Å². The lowest BCUT2D eigenvalue weighted by Gasteiger charge is -1.98. The number of anilines is 1. The molecule has 0 spiro atoms. The van der Waals surface area contributed by atoms with Crippen molar-refractivity contribution in [2.75, 3.05) is 5.73 Å². The minimum Gasteiger partial charge on any atom is -0.415 e. The first kappa shape index (κ1) is 8.55. The summed E-state index contributed by atoms with van der Waals surface area (Å²) in [6.07, 6.45) is 1.24. The number of rotatable bonds is 2. The van der Waals surface area contributed by atoms with Crippen LogP contribution in [-0.2, 0) is 0 Å². The third kappa shape index (κ3) is 1.82. The van der Waals surface area contributed by atoms with Crippen LogP contribution in [0.15, 0.2) is 34.9 Å². The second-order valence-electron chi connectivity index (χ2n) is 2.60. The Morgan fingerprint density at radius 1 is 1.43 bits per heavy atom. The number of hydrogen-bond donors (Lipinski definition) is 1. The van der Waals surface area contributed by atoms with E-state index in [0.717, 1.165) is 0 Å². The van der Waals surface area contributed by atoms with Crippen LogP contribution in [0.3, 0.4) is 0 Å². The predicted molar refractivity (Wildman–Crippen MR) is 47.4 cm³/mol. The molecule has 72 valence electrons. The van der Waals surface area contributed by atoms with Crippen LogP contribution in [-0.4, -0.2) is 4.98 Å². The molecule has 0 bridgehead atoms. The van der Waals surface area contributed by atoms with Gasteiger partial charge in [0.05, 0.1) is 0 Å². The molecule has 0 unspecified atom stereocenters. The number of halogens is 1. The molecule has 14 heavy (non-hydrogen) atoms. The van der Waals surface area contributed by atoms with Crippen molar-refractivity contribution in [1.29, 1.82) is 0 Å². The molecular weight excluding hydrogens is 187 g/mol. The average Bonchev–Trinajstić information content (AvgIpc) is 2.51. The summed E-state index contributed by atoms with van der Waals surface area (Å²) in [6, 6.07) is 5.65. The summed E-state index contributed by atoms with van der Waals surface area (Å²) < 4.78 is 22.6. The molecule has 0 aliphatic heterocycles. The maximum absolute atomic E-state index is 12.7. The summed E-state index contributed by atoms with van der Waals surface area (Å²) in [7, 11) is 0. The fraction of sp³-hybridized carbons (Fsp3) is 0. The molecule has 5 heteroatoms. The molecule has 1 aromatic carbocycles. The zero-order valence-corrected chi connectivity index (χ0v) is 7.11. The molecule has 1 heterocycles. The number of oxazole rings is 1. The van der Waals surface area contributed by atoms with E-state index < -0.39 is 0 Å². The third-order valence-electron chi connectivity index (χ3n) is 1.50. The van der Waals surface area contributed by atoms with Crippen LogP contribution in [0.2, 0.25) is 0 Å². The highest BCUT2D eigenvalue weighted by molar-refractivity contribution is 5.28. The molecule has 2 N–H and O–H groups in total. The average molecular weight is 194 g/mol. The van der Waals surface area contributed by atoms with Crippen LogP contribution in [0, 0.1) is 5.82 Å². The van der Waals surface area contributed by atoms with Gasteiger partial charge in [-0.2, -0.15) is 4.98 Å². The molecule has 2 rings (SSSR count). The summed E-state index contributed by atoms with van der Waals surface area (Å²) in [6.45, 7) is 0. The normalized spacial score (nSPS) is 10.1. The molecule has 0 saturated carbocycles. The van der Waals surface area contributed by atoms with Gasteiger partial charge in [-0.05, 0) is 12.1 Å². The Hall–Kier alpha value is -2.04. The highest BCUT2D eigenvalue weighted by Gasteiger charge is 2.04. The molecule has 0 atom stereocenters. The summed E-state index contributed by atoms with van der Waals surface area (Å²) in [4.78, 5) is 3.70. The smallest absolute Gasteiger partial charge is 0.401 e. The van der Waals surface area contributed by atoms with Crippen LogP contribution in [0.4, 0.5) is 10.2 Å². The summed E-state index contributed by atoms with van der Waals surface area (Å²) in [5, 5.41) is 0. The Morgan fingerprint density at radius 2 is 2.29 bits per heavy atom. The van der Waals surface area contributed by atoms with Crippen molar-refractivity contribution in [2.45, 2.75) is 0 Å². The van der Waals surface area contributed by atoms with Gasteiger partial charge in [-0.3, -0.25) is 0 Å². The topological polar surface area (TPSA) is 61.3 Å². The number of benzene rings is 1. The van der Waals surface area contributed by atoms with Crippen molar-refractivity contribution in [3.8, 4) is 11.8 Å². The van der Waals surface area contributed by atoms with Crippen molar-refractivity contribution >= 4 is 5.82 Å². The van der Waals surface area contributed by atoms with Crippen molar-refractivity contribution in [1.82, 2.24) is 4.98 Å². The molecule has 0 aliphatic carbocycles. The number of hydrogen-bond acceptors (Lipinski definition) is 4. The van der Waals surface area contributed by atoms with Crippen molar-refractivity contribution in [3.05, 3.63) is 36.3 Å². The quantitative estimate of drug-likeness (QED) is 0.795. The number of nitrogen functional groups attached to an aromatic ring is 1. The Bertz CT molecular complexity index is 442. The molecule has 0 radical (unpaired) electrons. The van der Waals surface area contributed by atoms with Gasteiger partial charge in [-0.15, -0.1) is 0 Å². The van der Waals surface area contributed by atoms with E-state index in [4.69, 9.17) is 14.9 Å². The Balaban J connectivity index is 2.18. The Labute approximate surface area is 79.1 Å². The monoisotopic (exact) mass is 194 g/mol. The third-order valence-corrected chi connectivity index (χ3v) is 1.50. The minimum atomic E-state index is -0.387. The lowest BCUT2D eigenvalue weighted by Crippen LogP contribution is -1.86. The van der Waals surface area contributed by atoms with E-state index in [-0.39, 0.29) is 17.7 Å². The van der Waals surface area contributed by atoms with E-state index in [1.165, 1.54) is 24.5 Å². The summed E-state index contributed by atoms with van der Waals surface area (Å²) >= 11 is 0. The lowest BCUT2D eigenvalue weighted by atomic mass is 10.3. The van der Waals surface area contributed by atoms with Gasteiger partial charge in [0.1, 0.15) is 17.8 Å². The molecule has 0 aliphatic rings. The van der Waals surface area contributed by atoms with Gasteiger partial charge in [0.2, 0.25) is 0 Å². The fourth-order valence-electron chi connectivity index (χ4n) is 0.947. The second kappa shape index (κ2) is 3.37. The maximum atomic E-state index is 12.7. The van der Waals surface area contributed by atoms with Gasteiger partial charge < -0.3 is 14.9 Å². The first-order valence-electron chi connectivity index (χ1n) is 3.88. The van der Waals surface area contributed by atoms with Gasteiger partial charge in [-0.1, -0.05) is 6.07 Å². The van der Waals surface area contributed by atoms with Gasteiger partial charge in [0, 0.05) is 6.07 Å². The highest BCUT2D eigenvalue weighted by atomic mass is 19.1. The Morgan fingerprint density at radius 3 is 2.93 bits per heavy atom. The molecule has 1 aromatic heterocycles. The number of aromatic nitrogens is 1. The molecular formula is C9H7FN2O2. The van der Waals surface area contributed by atoms with Crippen LogP contribution in [0.25, 0.3) is 0 Å². The largest absolute Gasteiger partial charge is 0.415 e. The van der Waals surface area contributed by atoms with Gasteiger partial charge in [-0.25, -0.2) is 4.39 Å². The van der Waals surface area contributed by atoms with Crippen molar-refractivity contribution < 1.29 is 13.5 Å². The van der Waals surface area contributed by atoms with Gasteiger partial charge in [0.15, 0.2) is 5.82 Å². The SMILES string of the molecule is Nc1coc(Oc2cccc(F)c2)n1. The number of ether oxygens (including phenoxy) is 1. The molecule has 0 fully saturated rings. The van der Waals surface area contributed by atoms with E-state index in [0.29, 0.717) is 5.75 Å². The number of nitrogens with zero attached hydrogens (tertiary/aromatic N) is 1. The first-order valence-corrected chi connectivity index (χ1v) is 3.88. The second-order valence-corrected chi connectivity index (χ2v) is 2.60. The van der Waals surface area contributed by atoms with E-state index in [9.17, 15) is 4.39 Å². The Kier molecular flexibility index (Phi) is 2.06. The molecule has 4 nitrogen and oxygen atoms in total. The molecule has 0 amide bonds. The standard InChI is InChI=1S/C9H7FN2O2/c10-6-2-1-3-7(4-6)14-9-12-8(11)5-13-9/h1-5H,11H2. The van der Waals surface area contributed by atoms with E-state index in [1.54, 1.807) is 6.07 Å². The van der Waals surface area contributed by atoms with Gasteiger partial charge >= 0.3 is 6.08 Å². The van der Waals surface area contributed by atoms with Crippen LogP contribution < -0.4 is 10.5 Å². The summed E-state index contributed by atoms with van der Waals surface area (Å²) in [5.74, 6) is 0.144. The van der Waals surface area contributed by atoms with Crippen LogP contribution in [0.1, 0.15) is 0 Å². The van der Waals surface area contributed by atoms with E-state index in [1.807, 2.05) is 0 Å². The van der Waals surface area contributed by atoms with Gasteiger partial charge in [0.25, 0.3) is 0 Å².